The average Bonchev–Trinajstić information content (AvgIpc) is 2.97. The largest absolute Gasteiger partial charge is 0.508 e. The third-order valence-corrected chi connectivity index (χ3v) is 7.92. The molecular formula is C33H37N3O4. The highest BCUT2D eigenvalue weighted by molar-refractivity contribution is 5.97. The second kappa shape index (κ2) is 12.8. The van der Waals surface area contributed by atoms with Crippen molar-refractivity contribution < 1.29 is 19.4 Å². The number of phenols is 1. The van der Waals surface area contributed by atoms with Crippen LogP contribution in [0.3, 0.4) is 0 Å². The number of carbonyl (C=O) groups is 2. The summed E-state index contributed by atoms with van der Waals surface area (Å²) in [6, 6.07) is 24.4. The first-order valence-corrected chi connectivity index (χ1v) is 14.0. The van der Waals surface area contributed by atoms with E-state index < -0.39 is 5.41 Å². The van der Waals surface area contributed by atoms with Crippen LogP contribution in [0.4, 0.5) is 0 Å². The molecule has 7 nitrogen and oxygen atoms in total. The highest BCUT2D eigenvalue weighted by Crippen LogP contribution is 2.37. The molecule has 5 rings (SSSR count). The predicted molar refractivity (Wildman–Crippen MR) is 155 cm³/mol. The summed E-state index contributed by atoms with van der Waals surface area (Å²) in [7, 11) is 0. The van der Waals surface area contributed by atoms with Gasteiger partial charge >= 0.3 is 0 Å². The van der Waals surface area contributed by atoms with Crippen molar-refractivity contribution in [1.82, 2.24) is 15.5 Å². The number of phenolic OH excluding ortho intramolecular Hbond substituents is 1. The SMILES string of the molecule is O=C1NC[C@@H](Cc2ccccc2)NC(=O)C2(C/C=C/COc3ccccc31)CCN(Cc1cccc(O)c1)CC2. The summed E-state index contributed by atoms with van der Waals surface area (Å²) >= 11 is 0. The van der Waals surface area contributed by atoms with Crippen molar-refractivity contribution in [2.75, 3.05) is 26.2 Å². The van der Waals surface area contributed by atoms with Crippen LogP contribution in [0.2, 0.25) is 0 Å². The third kappa shape index (κ3) is 6.90. The lowest BCUT2D eigenvalue weighted by Crippen LogP contribution is -2.53. The number of benzene rings is 3. The molecule has 3 N–H and O–H groups in total. The Balaban J connectivity index is 1.36. The molecule has 0 unspecified atom stereocenters. The molecule has 1 saturated heterocycles. The van der Waals surface area contributed by atoms with Crippen molar-refractivity contribution in [2.45, 2.75) is 38.3 Å². The van der Waals surface area contributed by atoms with Crippen molar-refractivity contribution in [2.24, 2.45) is 5.41 Å². The molecular weight excluding hydrogens is 502 g/mol. The standard InChI is InChI=1S/C33H37N3O4/c37-28-12-8-11-26(22-28)24-36-18-16-33(17-19-36)15-6-7-20-40-30-14-5-4-13-29(30)31(38)34-23-27(35-32(33)39)21-25-9-2-1-3-10-25/h1-14,22,27,37H,15-21,23-24H2,(H,34,38)(H,35,39)/b7-6+/t27-/m1/s1. The summed E-state index contributed by atoms with van der Waals surface area (Å²) in [5.74, 6) is 0.616. The van der Waals surface area contributed by atoms with E-state index in [0.29, 0.717) is 37.3 Å². The molecule has 1 spiro atoms. The van der Waals surface area contributed by atoms with Crippen LogP contribution < -0.4 is 15.4 Å². The lowest BCUT2D eigenvalue weighted by atomic mass is 9.74. The van der Waals surface area contributed by atoms with Crippen LogP contribution >= 0.6 is 0 Å². The molecule has 40 heavy (non-hydrogen) atoms. The number of aromatic hydroxyl groups is 1. The number of hydrogen-bond acceptors (Lipinski definition) is 5. The molecule has 2 heterocycles. The second-order valence-corrected chi connectivity index (χ2v) is 10.8. The molecule has 208 valence electrons. The molecule has 7 heteroatoms. The molecule has 0 aromatic heterocycles. The number of amides is 2. The van der Waals surface area contributed by atoms with Crippen molar-refractivity contribution in [3.8, 4) is 11.5 Å². The first kappa shape index (κ1) is 27.5. The Morgan fingerprint density at radius 2 is 1.65 bits per heavy atom. The minimum atomic E-state index is -0.549. The van der Waals surface area contributed by atoms with Crippen molar-refractivity contribution in [3.05, 3.63) is 108 Å². The smallest absolute Gasteiger partial charge is 0.255 e. The predicted octanol–water partition coefficient (Wildman–Crippen LogP) is 4.47. The van der Waals surface area contributed by atoms with Crippen LogP contribution in [0, 0.1) is 5.41 Å². The molecule has 1 fully saturated rings. The van der Waals surface area contributed by atoms with Crippen molar-refractivity contribution in [1.29, 1.82) is 0 Å². The van der Waals surface area contributed by atoms with E-state index in [-0.39, 0.29) is 23.6 Å². The number of rotatable bonds is 4. The molecule has 0 aliphatic carbocycles. The number of nitrogens with one attached hydrogen (secondary N) is 2. The van der Waals surface area contributed by atoms with Gasteiger partial charge in [-0.2, -0.15) is 0 Å². The number of para-hydroxylation sites is 1. The number of carbonyl (C=O) groups excluding carboxylic acids is 2. The Morgan fingerprint density at radius 1 is 0.900 bits per heavy atom. The van der Waals surface area contributed by atoms with E-state index in [1.54, 1.807) is 18.2 Å². The Kier molecular flexibility index (Phi) is 8.81. The topological polar surface area (TPSA) is 90.9 Å². The Morgan fingerprint density at radius 3 is 2.45 bits per heavy atom. The van der Waals surface area contributed by atoms with Crippen molar-refractivity contribution >= 4 is 11.8 Å². The maximum absolute atomic E-state index is 14.0. The van der Waals surface area contributed by atoms with Gasteiger partial charge < -0.3 is 20.5 Å². The average molecular weight is 540 g/mol. The quantitative estimate of drug-likeness (QED) is 0.426. The number of fused-ring (bicyclic) bond motifs is 1. The lowest BCUT2D eigenvalue weighted by Gasteiger charge is -2.41. The molecule has 2 aliphatic rings. The number of piperidine rings is 1. The Bertz CT molecular complexity index is 1330. The van der Waals surface area contributed by atoms with Crippen LogP contribution in [0.25, 0.3) is 0 Å². The van der Waals surface area contributed by atoms with Gasteiger partial charge in [-0.3, -0.25) is 14.5 Å². The van der Waals surface area contributed by atoms with Gasteiger partial charge in [-0.05, 0) is 74.2 Å². The van der Waals surface area contributed by atoms with E-state index in [4.69, 9.17) is 4.74 Å². The highest BCUT2D eigenvalue weighted by atomic mass is 16.5. The van der Waals surface area contributed by atoms with Gasteiger partial charge in [0.15, 0.2) is 0 Å². The van der Waals surface area contributed by atoms with Gasteiger partial charge in [-0.15, -0.1) is 0 Å². The van der Waals surface area contributed by atoms with Gasteiger partial charge in [0.1, 0.15) is 18.1 Å². The minimum absolute atomic E-state index is 0.0303. The van der Waals surface area contributed by atoms with E-state index >= 15 is 0 Å². The molecule has 0 saturated carbocycles. The van der Waals surface area contributed by atoms with E-state index in [0.717, 1.165) is 43.6 Å². The van der Waals surface area contributed by atoms with Crippen LogP contribution in [0.1, 0.15) is 40.7 Å². The minimum Gasteiger partial charge on any atom is -0.508 e. The molecule has 3 aromatic rings. The third-order valence-electron chi connectivity index (χ3n) is 7.92. The molecule has 3 aromatic carbocycles. The zero-order valence-electron chi connectivity index (χ0n) is 22.7. The fraction of sp³-hybridized carbons (Fsp3) is 0.333. The van der Waals surface area contributed by atoms with E-state index in [2.05, 4.69) is 15.5 Å². The Hall–Kier alpha value is -4.10. The highest BCUT2D eigenvalue weighted by Gasteiger charge is 2.41. The normalized spacial score (nSPS) is 20.9. The van der Waals surface area contributed by atoms with Gasteiger partial charge in [-0.1, -0.05) is 66.7 Å². The maximum Gasteiger partial charge on any atom is 0.255 e. The monoisotopic (exact) mass is 539 g/mol. The molecule has 1 atom stereocenters. The van der Waals surface area contributed by atoms with Crippen LogP contribution in [0.15, 0.2) is 91.0 Å². The molecule has 0 radical (unpaired) electrons. The number of ether oxygens (including phenoxy) is 1. The van der Waals surface area contributed by atoms with Gasteiger partial charge in [0.25, 0.3) is 5.91 Å². The summed E-state index contributed by atoms with van der Waals surface area (Å²) < 4.78 is 5.94. The van der Waals surface area contributed by atoms with Gasteiger partial charge in [-0.25, -0.2) is 0 Å². The summed E-state index contributed by atoms with van der Waals surface area (Å²) in [6.07, 6.45) is 6.65. The van der Waals surface area contributed by atoms with E-state index in [9.17, 15) is 14.7 Å². The molecule has 2 aliphatic heterocycles. The number of allylic oxidation sites excluding steroid dienone is 1. The first-order valence-electron chi connectivity index (χ1n) is 14.0. The van der Waals surface area contributed by atoms with Gasteiger partial charge in [0, 0.05) is 13.1 Å². The number of nitrogens with zero attached hydrogens (tertiary/aromatic N) is 1. The Labute approximate surface area is 235 Å². The second-order valence-electron chi connectivity index (χ2n) is 10.8. The van der Waals surface area contributed by atoms with Crippen LogP contribution in [0.5, 0.6) is 11.5 Å². The van der Waals surface area contributed by atoms with Gasteiger partial charge in [0.05, 0.1) is 17.0 Å². The fourth-order valence-corrected chi connectivity index (χ4v) is 5.59. The van der Waals surface area contributed by atoms with Gasteiger partial charge in [0.2, 0.25) is 5.91 Å². The number of likely N-dealkylation sites (tertiary alicyclic amines) is 1. The first-order chi connectivity index (χ1) is 19.5. The van der Waals surface area contributed by atoms with E-state index in [1.807, 2.05) is 72.8 Å². The van der Waals surface area contributed by atoms with Crippen molar-refractivity contribution in [3.63, 3.8) is 0 Å². The van der Waals surface area contributed by atoms with E-state index in [1.165, 1.54) is 0 Å². The zero-order valence-corrected chi connectivity index (χ0v) is 22.7. The lowest BCUT2D eigenvalue weighted by molar-refractivity contribution is -0.134. The summed E-state index contributed by atoms with van der Waals surface area (Å²) in [5, 5.41) is 16.2. The summed E-state index contributed by atoms with van der Waals surface area (Å²) in [6.45, 7) is 2.92. The molecule has 2 amide bonds. The fourth-order valence-electron chi connectivity index (χ4n) is 5.59. The summed E-state index contributed by atoms with van der Waals surface area (Å²) in [5.41, 5.74) is 2.09. The molecule has 0 bridgehead atoms. The number of hydrogen-bond donors (Lipinski definition) is 3. The summed E-state index contributed by atoms with van der Waals surface area (Å²) in [4.78, 5) is 29.5. The maximum atomic E-state index is 14.0. The van der Waals surface area contributed by atoms with Crippen LogP contribution in [-0.4, -0.2) is 54.1 Å². The zero-order chi connectivity index (χ0) is 27.8. The van der Waals surface area contributed by atoms with Crippen LogP contribution in [-0.2, 0) is 17.8 Å².